The van der Waals surface area contributed by atoms with Crippen LogP contribution in [-0.4, -0.2) is 26.7 Å². The van der Waals surface area contributed by atoms with Crippen molar-refractivity contribution >= 4 is 11.5 Å². The van der Waals surface area contributed by atoms with Crippen LogP contribution in [0, 0.1) is 11.6 Å². The maximum absolute atomic E-state index is 14.2. The van der Waals surface area contributed by atoms with E-state index in [1.165, 1.54) is 10.7 Å². The van der Waals surface area contributed by atoms with Crippen molar-refractivity contribution in [3.63, 3.8) is 0 Å². The van der Waals surface area contributed by atoms with Gasteiger partial charge >= 0.3 is 51.4 Å². The maximum Gasteiger partial charge on any atom is 1.00 e. The standard InChI is InChI=1S/C17H16F2N5O.K/c1-25-13-7-14-21-8-12(16-10(18)6-11(19)17(20)22-16)24(14)23-15(13)9-4-2-3-5-9;/h6-9H,2-5H2,1H3,(H-,20,22);/q-1;+1. The van der Waals surface area contributed by atoms with Gasteiger partial charge in [-0.1, -0.05) is 12.8 Å². The average Bonchev–Trinajstić information content (AvgIpc) is 3.26. The van der Waals surface area contributed by atoms with E-state index >= 15 is 0 Å². The summed E-state index contributed by atoms with van der Waals surface area (Å²) < 4.78 is 34.5. The number of imidazole rings is 1. The summed E-state index contributed by atoms with van der Waals surface area (Å²) in [6.45, 7) is 0. The molecule has 4 rings (SSSR count). The Hall–Kier alpha value is -1.13. The molecule has 130 valence electrons. The Morgan fingerprint density at radius 3 is 2.62 bits per heavy atom. The van der Waals surface area contributed by atoms with Crippen molar-refractivity contribution in [3.05, 3.63) is 41.4 Å². The Kier molecular flexibility index (Phi) is 5.93. The fourth-order valence-electron chi connectivity index (χ4n) is 3.37. The SMILES string of the molecule is COc1cc2ncc(-c3nc([NH-])c(F)cc3F)n2nc1C1CCCC1.[K+]. The summed E-state index contributed by atoms with van der Waals surface area (Å²) in [4.78, 5) is 7.94. The fraction of sp³-hybridized carbons (Fsp3) is 0.353. The van der Waals surface area contributed by atoms with E-state index in [4.69, 9.17) is 10.5 Å². The first-order chi connectivity index (χ1) is 12.1. The average molecular weight is 383 g/mol. The van der Waals surface area contributed by atoms with Gasteiger partial charge in [0.1, 0.15) is 23.1 Å². The van der Waals surface area contributed by atoms with Gasteiger partial charge in [0.25, 0.3) is 0 Å². The number of aromatic nitrogens is 4. The molecular formula is C17H16F2KN5O. The molecule has 0 atom stereocenters. The zero-order valence-electron chi connectivity index (χ0n) is 14.6. The molecular weight excluding hydrogens is 367 g/mol. The first kappa shape index (κ1) is 19.6. The summed E-state index contributed by atoms with van der Waals surface area (Å²) in [5, 5.41) is 4.63. The van der Waals surface area contributed by atoms with Gasteiger partial charge in [-0.05, 0) is 18.7 Å². The van der Waals surface area contributed by atoms with Crippen LogP contribution in [0.4, 0.5) is 14.6 Å². The van der Waals surface area contributed by atoms with Crippen molar-refractivity contribution in [1.82, 2.24) is 19.6 Å². The van der Waals surface area contributed by atoms with Gasteiger partial charge in [-0.15, -0.1) is 0 Å². The van der Waals surface area contributed by atoms with Crippen molar-refractivity contribution in [2.24, 2.45) is 0 Å². The number of hydrogen-bond acceptors (Lipinski definition) is 4. The Labute approximate surface area is 191 Å². The number of hydrogen-bond donors (Lipinski definition) is 0. The third kappa shape index (κ3) is 3.38. The second-order valence-corrected chi connectivity index (χ2v) is 6.14. The van der Waals surface area contributed by atoms with E-state index in [-0.39, 0.29) is 68.7 Å². The van der Waals surface area contributed by atoms with Gasteiger partial charge in [-0.3, -0.25) is 0 Å². The zero-order valence-corrected chi connectivity index (χ0v) is 17.7. The monoisotopic (exact) mass is 383 g/mol. The minimum absolute atomic E-state index is 0. The largest absolute Gasteiger partial charge is 1.00 e. The first-order valence-corrected chi connectivity index (χ1v) is 8.09. The molecule has 1 fully saturated rings. The van der Waals surface area contributed by atoms with Crippen LogP contribution in [0.15, 0.2) is 18.3 Å². The van der Waals surface area contributed by atoms with Crippen LogP contribution < -0.4 is 56.1 Å². The van der Waals surface area contributed by atoms with E-state index in [0.29, 0.717) is 17.5 Å². The zero-order chi connectivity index (χ0) is 17.6. The molecule has 1 aliphatic carbocycles. The minimum Gasteiger partial charge on any atom is -0.495 e. The molecule has 6 nitrogen and oxygen atoms in total. The van der Waals surface area contributed by atoms with Crippen molar-refractivity contribution in [2.75, 3.05) is 7.11 Å². The van der Waals surface area contributed by atoms with Crippen LogP contribution in [0.5, 0.6) is 5.75 Å². The van der Waals surface area contributed by atoms with E-state index in [2.05, 4.69) is 15.1 Å². The molecule has 0 aliphatic heterocycles. The summed E-state index contributed by atoms with van der Waals surface area (Å²) in [6, 6.07) is 2.42. The molecule has 1 aliphatic rings. The van der Waals surface area contributed by atoms with Crippen LogP contribution >= 0.6 is 0 Å². The number of nitrogens with one attached hydrogen (secondary N) is 1. The van der Waals surface area contributed by atoms with Gasteiger partial charge in [0.2, 0.25) is 0 Å². The van der Waals surface area contributed by atoms with Gasteiger partial charge in [-0.2, -0.15) is 5.10 Å². The van der Waals surface area contributed by atoms with Gasteiger partial charge in [-0.25, -0.2) is 18.3 Å². The number of halogens is 2. The van der Waals surface area contributed by atoms with Crippen LogP contribution in [0.25, 0.3) is 22.8 Å². The van der Waals surface area contributed by atoms with Gasteiger partial charge in [0.05, 0.1) is 19.0 Å². The smallest absolute Gasteiger partial charge is 0.495 e. The van der Waals surface area contributed by atoms with Crippen molar-refractivity contribution in [3.8, 4) is 17.1 Å². The molecule has 1 N–H and O–H groups in total. The van der Waals surface area contributed by atoms with Crippen molar-refractivity contribution in [1.29, 1.82) is 0 Å². The Balaban J connectivity index is 0.00000196. The number of pyridine rings is 1. The second kappa shape index (κ2) is 7.85. The van der Waals surface area contributed by atoms with Crippen molar-refractivity contribution < 1.29 is 64.9 Å². The summed E-state index contributed by atoms with van der Waals surface area (Å²) in [6.07, 6.45) is 5.75. The maximum atomic E-state index is 14.2. The topological polar surface area (TPSA) is 76.1 Å². The van der Waals surface area contributed by atoms with Crippen LogP contribution in [-0.2, 0) is 0 Å². The molecule has 3 aromatic heterocycles. The van der Waals surface area contributed by atoms with Crippen molar-refractivity contribution in [2.45, 2.75) is 31.6 Å². The number of fused-ring (bicyclic) bond motifs is 1. The van der Waals surface area contributed by atoms with Crippen LogP contribution in [0.1, 0.15) is 37.3 Å². The molecule has 0 bridgehead atoms. The number of methoxy groups -OCH3 is 1. The molecule has 3 aromatic rings. The Morgan fingerprint density at radius 2 is 1.92 bits per heavy atom. The third-order valence-corrected chi connectivity index (χ3v) is 4.62. The van der Waals surface area contributed by atoms with E-state index in [1.54, 1.807) is 13.2 Å². The molecule has 0 aromatic carbocycles. The predicted molar refractivity (Wildman–Crippen MR) is 87.9 cm³/mol. The van der Waals surface area contributed by atoms with Gasteiger partial charge in [0.15, 0.2) is 5.65 Å². The second-order valence-electron chi connectivity index (χ2n) is 6.14. The summed E-state index contributed by atoms with van der Waals surface area (Å²) in [5.74, 6) is -1.53. The Bertz CT molecular complexity index is 956. The van der Waals surface area contributed by atoms with Crippen LogP contribution in [0.3, 0.4) is 0 Å². The molecule has 0 unspecified atom stereocenters. The number of rotatable bonds is 3. The molecule has 3 heterocycles. The normalized spacial score (nSPS) is 14.6. The van der Waals surface area contributed by atoms with E-state index < -0.39 is 17.5 Å². The molecule has 0 amide bonds. The van der Waals surface area contributed by atoms with Crippen LogP contribution in [0.2, 0.25) is 0 Å². The third-order valence-electron chi connectivity index (χ3n) is 4.62. The molecule has 0 radical (unpaired) electrons. The molecule has 26 heavy (non-hydrogen) atoms. The Morgan fingerprint density at radius 1 is 1.19 bits per heavy atom. The molecule has 9 heteroatoms. The van der Waals surface area contributed by atoms with E-state index in [0.717, 1.165) is 31.4 Å². The quantitative estimate of drug-likeness (QED) is 0.641. The van der Waals surface area contributed by atoms with Gasteiger partial charge < -0.3 is 15.5 Å². The summed E-state index contributed by atoms with van der Waals surface area (Å²) >= 11 is 0. The predicted octanol–water partition coefficient (Wildman–Crippen LogP) is 1.42. The number of nitrogens with zero attached hydrogens (tertiary/aromatic N) is 4. The van der Waals surface area contributed by atoms with E-state index in [9.17, 15) is 8.78 Å². The summed E-state index contributed by atoms with van der Waals surface area (Å²) in [7, 11) is 1.59. The van der Waals surface area contributed by atoms with Gasteiger partial charge in [0, 0.05) is 23.7 Å². The minimum atomic E-state index is -1.00. The molecule has 1 saturated carbocycles. The fourth-order valence-corrected chi connectivity index (χ4v) is 3.37. The number of ether oxygens (including phenoxy) is 1. The summed E-state index contributed by atoms with van der Waals surface area (Å²) in [5.41, 5.74) is 8.91. The molecule has 0 saturated heterocycles. The first-order valence-electron chi connectivity index (χ1n) is 8.09. The van der Waals surface area contributed by atoms with E-state index in [1.807, 2.05) is 0 Å². The molecule has 0 spiro atoms.